The van der Waals surface area contributed by atoms with Crippen LogP contribution in [0.25, 0.3) is 0 Å². The van der Waals surface area contributed by atoms with Crippen molar-refractivity contribution in [2.45, 2.75) is 219 Å². The first kappa shape index (κ1) is 79.1. The van der Waals surface area contributed by atoms with Crippen LogP contribution in [0.5, 0.6) is 0 Å². The lowest BCUT2D eigenvalue weighted by Crippen LogP contribution is -2.40. The van der Waals surface area contributed by atoms with Crippen LogP contribution in [0.3, 0.4) is 0 Å². The Morgan fingerprint density at radius 1 is 0.353 bits per heavy atom. The Kier molecular flexibility index (Phi) is 59.7. The highest BCUT2D eigenvalue weighted by Gasteiger charge is 2.25. The summed E-state index contributed by atoms with van der Waals surface area (Å²) in [6.07, 6.45) is 96.7. The smallest absolute Gasteiger partial charge is 0.361 e. The van der Waals surface area contributed by atoms with Crippen LogP contribution in [0.2, 0.25) is 0 Å². The van der Waals surface area contributed by atoms with Crippen molar-refractivity contribution in [1.29, 1.82) is 0 Å². The van der Waals surface area contributed by atoms with Gasteiger partial charge in [0.1, 0.15) is 13.2 Å². The van der Waals surface area contributed by atoms with E-state index in [1.165, 1.54) is 32.1 Å². The minimum Gasteiger partial charge on any atom is -0.477 e. The summed E-state index contributed by atoms with van der Waals surface area (Å²) >= 11 is 0. The van der Waals surface area contributed by atoms with E-state index in [-0.39, 0.29) is 32.7 Å². The quantitative estimate of drug-likeness (QED) is 0.0211. The summed E-state index contributed by atoms with van der Waals surface area (Å²) in [5, 5.41) is 9.73. The van der Waals surface area contributed by atoms with Crippen molar-refractivity contribution in [2.24, 2.45) is 0 Å². The number of quaternary nitrogens is 1. The van der Waals surface area contributed by atoms with E-state index < -0.39 is 30.3 Å². The summed E-state index contributed by atoms with van der Waals surface area (Å²) in [6.45, 7) is 4.54. The van der Waals surface area contributed by atoms with Gasteiger partial charge in [0, 0.05) is 12.8 Å². The van der Waals surface area contributed by atoms with Crippen molar-refractivity contribution in [3.63, 3.8) is 0 Å². The van der Waals surface area contributed by atoms with E-state index in [0.29, 0.717) is 23.9 Å². The van der Waals surface area contributed by atoms with Crippen LogP contribution in [0.1, 0.15) is 206 Å². The summed E-state index contributed by atoms with van der Waals surface area (Å²) in [6, 6.07) is 0. The molecule has 9 heteroatoms. The van der Waals surface area contributed by atoms with Crippen molar-refractivity contribution in [3.05, 3.63) is 194 Å². The molecule has 0 saturated carbocycles. The normalized spacial score (nSPS) is 14.0. The number of esters is 2. The average Bonchev–Trinajstić information content (AvgIpc) is 3.48. The second kappa shape index (κ2) is 64.1. The molecule has 0 aromatic rings. The molecule has 0 fully saturated rings. The van der Waals surface area contributed by atoms with Crippen molar-refractivity contribution < 1.29 is 42.9 Å². The lowest BCUT2D eigenvalue weighted by Gasteiger charge is -2.25. The van der Waals surface area contributed by atoms with E-state index in [1.807, 2.05) is 21.1 Å². The number of carboxylic acids is 1. The van der Waals surface area contributed by atoms with Gasteiger partial charge in [-0.2, -0.15) is 0 Å². The van der Waals surface area contributed by atoms with Crippen molar-refractivity contribution in [2.75, 3.05) is 47.5 Å². The first-order valence-corrected chi connectivity index (χ1v) is 32.6. The summed E-state index contributed by atoms with van der Waals surface area (Å²) in [5.41, 5.74) is 0. The molecule has 0 saturated heterocycles. The molecule has 0 aromatic carbocycles. The summed E-state index contributed by atoms with van der Waals surface area (Å²) in [5.74, 6) is -2.12. The largest absolute Gasteiger partial charge is 0.477 e. The molecular formula is C76H118NO8+. The molecule has 9 nitrogen and oxygen atoms in total. The zero-order valence-electron chi connectivity index (χ0n) is 53.9. The van der Waals surface area contributed by atoms with Gasteiger partial charge in [0.25, 0.3) is 6.29 Å². The minimum atomic E-state index is -1.54. The third-order valence-corrected chi connectivity index (χ3v) is 12.8. The van der Waals surface area contributed by atoms with E-state index in [4.69, 9.17) is 18.9 Å². The summed E-state index contributed by atoms with van der Waals surface area (Å²) < 4.78 is 22.8. The molecule has 0 aromatic heterocycles. The van der Waals surface area contributed by atoms with Gasteiger partial charge in [-0.1, -0.05) is 253 Å². The molecule has 0 spiro atoms. The van der Waals surface area contributed by atoms with Crippen LogP contribution in [0.4, 0.5) is 0 Å². The van der Waals surface area contributed by atoms with Gasteiger partial charge in [0.05, 0.1) is 34.4 Å². The van der Waals surface area contributed by atoms with Crippen molar-refractivity contribution in [3.8, 4) is 0 Å². The van der Waals surface area contributed by atoms with Crippen LogP contribution < -0.4 is 0 Å². The summed E-state index contributed by atoms with van der Waals surface area (Å²) in [4.78, 5) is 37.5. The molecule has 0 radical (unpaired) electrons. The molecule has 0 heterocycles. The number of hydrogen-bond donors (Lipinski definition) is 1. The third kappa shape index (κ3) is 65.5. The van der Waals surface area contributed by atoms with Gasteiger partial charge in [0.2, 0.25) is 0 Å². The number of hydrogen-bond acceptors (Lipinski definition) is 7. The predicted octanol–water partition coefficient (Wildman–Crippen LogP) is 20.2. The highest BCUT2D eigenvalue weighted by Crippen LogP contribution is 2.14. The van der Waals surface area contributed by atoms with Gasteiger partial charge in [-0.15, -0.1) is 0 Å². The Morgan fingerprint density at radius 3 is 0.976 bits per heavy atom. The number of nitrogens with zero attached hydrogens (tertiary/aromatic N) is 1. The van der Waals surface area contributed by atoms with E-state index in [1.54, 1.807) is 0 Å². The second-order valence-electron chi connectivity index (χ2n) is 22.0. The average molecular weight is 1170 g/mol. The van der Waals surface area contributed by atoms with Gasteiger partial charge >= 0.3 is 17.9 Å². The van der Waals surface area contributed by atoms with Crippen molar-refractivity contribution in [1.82, 2.24) is 0 Å². The second-order valence-corrected chi connectivity index (χ2v) is 22.0. The number of rotatable bonds is 57. The van der Waals surface area contributed by atoms with Crippen LogP contribution in [0.15, 0.2) is 194 Å². The lowest BCUT2D eigenvalue weighted by molar-refractivity contribution is -0.870. The van der Waals surface area contributed by atoms with Gasteiger partial charge in [-0.05, 0) is 135 Å². The molecule has 0 aliphatic carbocycles. The Morgan fingerprint density at radius 2 is 0.647 bits per heavy atom. The number of allylic oxidation sites excluding steroid dienone is 32. The SMILES string of the molecule is CC/C=C\C/C=C\C/C=C\C/C=C\C/C=C\C/C=C\C/C=C\C/C=C\C/C=C\CCCCCCCCCCCC(=O)OC(COC(=O)CCC/C=C\C/C=C\C/C=C\C/C=C\C/C=C\C/C=C\C/C=C\CC)COC(OCC[N+](C)(C)C)C(=O)O. The fraction of sp³-hybridized carbons (Fsp3) is 0.539. The highest BCUT2D eigenvalue weighted by atomic mass is 16.7. The van der Waals surface area contributed by atoms with E-state index in [0.717, 1.165) is 135 Å². The molecule has 0 aliphatic heterocycles. The third-order valence-electron chi connectivity index (χ3n) is 12.8. The number of likely N-dealkylation sites (N-methyl/N-ethyl adjacent to an activating group) is 1. The van der Waals surface area contributed by atoms with E-state index in [9.17, 15) is 19.5 Å². The maximum absolute atomic E-state index is 12.9. The van der Waals surface area contributed by atoms with Crippen molar-refractivity contribution >= 4 is 17.9 Å². The minimum absolute atomic E-state index is 0.166. The molecular weight excluding hydrogens is 1050 g/mol. The van der Waals surface area contributed by atoms with E-state index in [2.05, 4.69) is 208 Å². The Labute approximate surface area is 519 Å². The van der Waals surface area contributed by atoms with Crippen LogP contribution in [-0.2, 0) is 33.3 Å². The highest BCUT2D eigenvalue weighted by molar-refractivity contribution is 5.71. The van der Waals surface area contributed by atoms with Crippen LogP contribution in [-0.4, -0.2) is 87.4 Å². The first-order chi connectivity index (χ1) is 41.6. The monoisotopic (exact) mass is 1170 g/mol. The van der Waals surface area contributed by atoms with Crippen LogP contribution >= 0.6 is 0 Å². The first-order valence-electron chi connectivity index (χ1n) is 32.6. The topological polar surface area (TPSA) is 108 Å². The molecule has 0 aliphatic rings. The molecule has 0 rings (SSSR count). The molecule has 0 bridgehead atoms. The zero-order valence-corrected chi connectivity index (χ0v) is 53.9. The Bertz CT molecular complexity index is 2090. The molecule has 1 N–H and O–H groups in total. The van der Waals surface area contributed by atoms with Gasteiger partial charge < -0.3 is 28.5 Å². The number of ether oxygens (including phenoxy) is 4. The number of carbonyl (C=O) groups excluding carboxylic acids is 2. The number of carbonyl (C=O) groups is 3. The maximum atomic E-state index is 12.9. The van der Waals surface area contributed by atoms with E-state index >= 15 is 0 Å². The van der Waals surface area contributed by atoms with Gasteiger partial charge in [-0.3, -0.25) is 9.59 Å². The lowest BCUT2D eigenvalue weighted by atomic mass is 10.1. The summed E-state index contributed by atoms with van der Waals surface area (Å²) in [7, 11) is 5.94. The maximum Gasteiger partial charge on any atom is 0.361 e. The number of carboxylic acid groups (broad SMARTS) is 1. The molecule has 0 amide bonds. The van der Waals surface area contributed by atoms with Gasteiger partial charge in [0.15, 0.2) is 6.10 Å². The fourth-order valence-electron chi connectivity index (χ4n) is 7.93. The Balaban J connectivity index is 4.31. The fourth-order valence-corrected chi connectivity index (χ4v) is 7.93. The van der Waals surface area contributed by atoms with Gasteiger partial charge in [-0.25, -0.2) is 4.79 Å². The molecule has 474 valence electrons. The zero-order chi connectivity index (χ0) is 61.9. The number of unbranched alkanes of at least 4 members (excludes halogenated alkanes) is 10. The number of aliphatic carboxylic acids is 1. The van der Waals surface area contributed by atoms with Crippen LogP contribution in [0, 0.1) is 0 Å². The molecule has 85 heavy (non-hydrogen) atoms. The standard InChI is InChI=1S/C76H117NO8/c1-6-8-10-12-14-16-18-20-22-24-26-28-30-31-32-33-34-35-36-37-38-39-40-41-42-43-45-47-49-51-53-55-57-59-61-63-65-67-74(79)85-72(71-84-76(75(80)81)82-69-68-77(3,4)5)70-83-73(78)66-64-62-60-58-56-54-52-50-48-46-44-29-27-25-23-21-19-17-15-13-11-9-7-2/h8-11,14-17,20-23,26-29,31-32,34-35,37-38,40-41,43,45-46,48,52,54,58,60,72,76H,6-7,12-13,18-19,24-25,30,33,36,39,42,44,47,49-51,53,55-57,59,61-71H2,1-5H3/p+1/b10-8-,11-9-,16-14-,17-15-,22-20-,23-21-,28-26-,29-27-,32-31-,35-34-,38-37-,41-40-,45-43-,48-46-,54-52-,60-58-. The predicted molar refractivity (Wildman–Crippen MR) is 363 cm³/mol. The molecule has 2 atom stereocenters. The Hall–Kier alpha value is -5.87. The molecule has 2 unspecified atom stereocenters.